The van der Waals surface area contributed by atoms with E-state index in [1.54, 1.807) is 13.8 Å². The Morgan fingerprint density at radius 2 is 1.58 bits per heavy atom. The highest BCUT2D eigenvalue weighted by Gasteiger charge is 2.61. The van der Waals surface area contributed by atoms with E-state index >= 15 is 0 Å². The molecular weight excluding hydrogens is 420 g/mol. The van der Waals surface area contributed by atoms with Gasteiger partial charge >= 0.3 is 0 Å². The van der Waals surface area contributed by atoms with Crippen molar-refractivity contribution in [1.29, 1.82) is 0 Å². The first kappa shape index (κ1) is 24.2. The van der Waals surface area contributed by atoms with E-state index in [-0.39, 0.29) is 17.4 Å². The number of aliphatic hydroxyl groups is 3. The van der Waals surface area contributed by atoms with Crippen molar-refractivity contribution in [3.8, 4) is 0 Å². The van der Waals surface area contributed by atoms with Crippen LogP contribution in [-0.2, 0) is 14.3 Å². The molecule has 1 unspecified atom stereocenters. The van der Waals surface area contributed by atoms with Crippen LogP contribution >= 0.6 is 0 Å². The average molecular weight is 465 g/mol. The largest absolute Gasteiger partial charge is 0.388 e. The third-order valence-electron chi connectivity index (χ3n) is 11.2. The molecule has 5 aliphatic rings. The molecule has 5 fully saturated rings. The maximum atomic E-state index is 12.4. The van der Waals surface area contributed by atoms with Crippen molar-refractivity contribution in [3.05, 3.63) is 0 Å². The molecule has 13 atom stereocenters. The number of carbonyl (C=O) groups excluding carboxylic acids is 1. The molecule has 3 N–H and O–H groups in total. The van der Waals surface area contributed by atoms with Gasteiger partial charge in [0.15, 0.2) is 6.29 Å². The smallest absolute Gasteiger partial charge is 0.186 e. The number of aliphatic hydroxyl groups excluding tert-OH is 3. The van der Waals surface area contributed by atoms with Gasteiger partial charge < -0.3 is 24.8 Å². The molecule has 0 bridgehead atoms. The summed E-state index contributed by atoms with van der Waals surface area (Å²) in [7, 11) is 0. The highest BCUT2D eigenvalue weighted by atomic mass is 16.7. The van der Waals surface area contributed by atoms with Crippen molar-refractivity contribution in [1.82, 2.24) is 0 Å². The maximum absolute atomic E-state index is 12.4. The van der Waals surface area contributed by atoms with E-state index in [0.29, 0.717) is 23.0 Å². The predicted octanol–water partition coefficient (Wildman–Crippen LogP) is 3.45. The fourth-order valence-corrected chi connectivity index (χ4v) is 9.33. The van der Waals surface area contributed by atoms with E-state index in [1.165, 1.54) is 32.1 Å². The summed E-state index contributed by atoms with van der Waals surface area (Å²) in [5, 5.41) is 30.5. The molecule has 5 rings (SSSR count). The van der Waals surface area contributed by atoms with Crippen LogP contribution in [-0.4, -0.2) is 57.9 Å². The maximum Gasteiger partial charge on any atom is 0.186 e. The fourth-order valence-electron chi connectivity index (χ4n) is 9.33. The molecule has 1 aliphatic heterocycles. The van der Waals surface area contributed by atoms with Gasteiger partial charge in [0.1, 0.15) is 24.1 Å². The molecule has 6 heteroatoms. The van der Waals surface area contributed by atoms with Crippen molar-refractivity contribution in [2.24, 2.45) is 40.4 Å². The zero-order valence-electron chi connectivity index (χ0n) is 20.8. The second kappa shape index (κ2) is 8.55. The highest BCUT2D eigenvalue weighted by molar-refractivity contribution is 5.79. The summed E-state index contributed by atoms with van der Waals surface area (Å²) in [4.78, 5) is 12.4. The number of rotatable bonds is 3. The molecule has 0 aromatic rings. The molecule has 0 spiro atoms. The Labute approximate surface area is 198 Å². The van der Waals surface area contributed by atoms with Crippen LogP contribution in [0.1, 0.15) is 85.5 Å². The van der Waals surface area contributed by atoms with Crippen LogP contribution in [0, 0.1) is 40.4 Å². The number of fused-ring (bicyclic) bond motifs is 5. The van der Waals surface area contributed by atoms with Crippen molar-refractivity contribution >= 4 is 5.78 Å². The van der Waals surface area contributed by atoms with Gasteiger partial charge in [-0.2, -0.15) is 0 Å². The van der Waals surface area contributed by atoms with Gasteiger partial charge in [0.25, 0.3) is 0 Å². The lowest BCUT2D eigenvalue weighted by Crippen LogP contribution is -2.58. The second-order valence-electron chi connectivity index (χ2n) is 12.7. The lowest BCUT2D eigenvalue weighted by molar-refractivity contribution is -0.309. The Morgan fingerprint density at radius 3 is 2.30 bits per heavy atom. The fraction of sp³-hybridized carbons (Fsp3) is 0.963. The van der Waals surface area contributed by atoms with Gasteiger partial charge in [-0.1, -0.05) is 13.8 Å². The van der Waals surface area contributed by atoms with Crippen LogP contribution < -0.4 is 0 Å². The van der Waals surface area contributed by atoms with Crippen LogP contribution in [0.4, 0.5) is 0 Å². The standard InChI is InChI=1S/C27H44O6/c1-14(28)19-7-8-20-18-6-5-16-13-17(33-25-24(31)23(30)22(29)15(2)32-25)9-11-26(16,3)21(18)10-12-27(19,20)4/h15-25,29-31H,5-13H2,1-4H3/t15-,16-,17?,18+,19-,20+,21+,22+,23+,24-,25+,26+,27-/m1/s1. The molecular formula is C27H44O6. The molecule has 0 aromatic carbocycles. The molecule has 4 saturated carbocycles. The van der Waals surface area contributed by atoms with Crippen LogP contribution in [0.15, 0.2) is 0 Å². The molecule has 4 aliphatic carbocycles. The van der Waals surface area contributed by atoms with E-state index in [4.69, 9.17) is 9.47 Å². The van der Waals surface area contributed by atoms with Crippen LogP contribution in [0.3, 0.4) is 0 Å². The van der Waals surface area contributed by atoms with Gasteiger partial charge in [-0.05, 0) is 106 Å². The van der Waals surface area contributed by atoms with E-state index in [2.05, 4.69) is 13.8 Å². The minimum absolute atomic E-state index is 0.0105. The van der Waals surface area contributed by atoms with Gasteiger partial charge in [0.05, 0.1) is 12.2 Å². The van der Waals surface area contributed by atoms with Gasteiger partial charge in [0.2, 0.25) is 0 Å². The van der Waals surface area contributed by atoms with E-state index in [0.717, 1.165) is 37.5 Å². The lowest BCUT2D eigenvalue weighted by Gasteiger charge is -2.61. The number of Topliss-reactive ketones (excluding diaryl/α,β-unsaturated/α-hetero) is 1. The summed E-state index contributed by atoms with van der Waals surface area (Å²) in [6, 6.07) is 0. The van der Waals surface area contributed by atoms with Crippen LogP contribution in [0.5, 0.6) is 0 Å². The average Bonchev–Trinajstić information content (AvgIpc) is 3.13. The predicted molar refractivity (Wildman–Crippen MR) is 123 cm³/mol. The zero-order valence-corrected chi connectivity index (χ0v) is 20.8. The molecule has 1 heterocycles. The van der Waals surface area contributed by atoms with Crippen molar-refractivity contribution in [2.45, 2.75) is 122 Å². The van der Waals surface area contributed by atoms with E-state index < -0.39 is 30.7 Å². The van der Waals surface area contributed by atoms with Crippen molar-refractivity contribution in [2.75, 3.05) is 0 Å². The van der Waals surface area contributed by atoms with Gasteiger partial charge in [-0.3, -0.25) is 4.79 Å². The summed E-state index contributed by atoms with van der Waals surface area (Å²) in [5.74, 6) is 3.42. The quantitative estimate of drug-likeness (QED) is 0.554. The number of hydrogen-bond donors (Lipinski definition) is 3. The van der Waals surface area contributed by atoms with Gasteiger partial charge in [0, 0.05) is 5.92 Å². The minimum Gasteiger partial charge on any atom is -0.388 e. The molecule has 0 aromatic heterocycles. The van der Waals surface area contributed by atoms with Gasteiger partial charge in [-0.15, -0.1) is 0 Å². The zero-order chi connectivity index (χ0) is 23.7. The molecule has 6 nitrogen and oxygen atoms in total. The van der Waals surface area contributed by atoms with Crippen molar-refractivity contribution < 1.29 is 29.6 Å². The second-order valence-corrected chi connectivity index (χ2v) is 12.7. The Kier molecular flexibility index (Phi) is 6.26. The first-order valence-corrected chi connectivity index (χ1v) is 13.4. The summed E-state index contributed by atoms with van der Waals surface area (Å²) in [6.45, 7) is 8.43. The Hall–Kier alpha value is -0.530. The SMILES string of the molecule is CC(=O)[C@H]1CC[C@H]2[C@@H]3CC[C@@H]4CC(O[C@@H]5O[C@H](C)[C@H](O)[C@H](O)[C@H]5O)CC[C@]4(C)[C@H]3CC[C@]12C. The van der Waals surface area contributed by atoms with Crippen molar-refractivity contribution in [3.63, 3.8) is 0 Å². The van der Waals surface area contributed by atoms with E-state index in [1.807, 2.05) is 0 Å². The number of ketones is 1. The number of carbonyl (C=O) groups is 1. The lowest BCUT2D eigenvalue weighted by atomic mass is 9.44. The molecule has 0 radical (unpaired) electrons. The first-order chi connectivity index (χ1) is 15.6. The van der Waals surface area contributed by atoms with Crippen LogP contribution in [0.2, 0.25) is 0 Å². The molecule has 33 heavy (non-hydrogen) atoms. The van der Waals surface area contributed by atoms with Crippen LogP contribution in [0.25, 0.3) is 0 Å². The van der Waals surface area contributed by atoms with E-state index in [9.17, 15) is 20.1 Å². The molecule has 0 amide bonds. The van der Waals surface area contributed by atoms with Gasteiger partial charge in [-0.25, -0.2) is 0 Å². The number of hydrogen-bond acceptors (Lipinski definition) is 6. The summed E-state index contributed by atoms with van der Waals surface area (Å²) in [5.41, 5.74) is 0.514. The minimum atomic E-state index is -1.25. The summed E-state index contributed by atoms with van der Waals surface area (Å²) in [6.07, 6.45) is 5.20. The highest BCUT2D eigenvalue weighted by Crippen LogP contribution is 2.67. The first-order valence-electron chi connectivity index (χ1n) is 13.4. The Morgan fingerprint density at radius 1 is 0.879 bits per heavy atom. The normalized spacial score (nSPS) is 56.5. The summed E-state index contributed by atoms with van der Waals surface area (Å²) >= 11 is 0. The monoisotopic (exact) mass is 464 g/mol. The third-order valence-corrected chi connectivity index (χ3v) is 11.2. The topological polar surface area (TPSA) is 96.2 Å². The number of ether oxygens (including phenoxy) is 2. The Balaban J connectivity index is 1.26. The summed E-state index contributed by atoms with van der Waals surface area (Å²) < 4.78 is 11.9. The molecule has 1 saturated heterocycles. The Bertz CT molecular complexity index is 757. The molecule has 188 valence electrons. The third kappa shape index (κ3) is 3.74.